The normalized spacial score (nSPS) is 14.9. The number of piperidine rings is 1. The molecule has 6 N–H and O–H groups in total. The lowest BCUT2D eigenvalue weighted by Gasteiger charge is -2.34. The number of ether oxygens (including phenoxy) is 1. The van der Waals surface area contributed by atoms with Crippen LogP contribution in [0.15, 0.2) is 48.5 Å². The van der Waals surface area contributed by atoms with Crippen LogP contribution in [-0.2, 0) is 20.7 Å². The fourth-order valence-corrected chi connectivity index (χ4v) is 3.76. The van der Waals surface area contributed by atoms with E-state index in [0.29, 0.717) is 37.1 Å². The van der Waals surface area contributed by atoms with Gasteiger partial charge in [-0.05, 0) is 42.7 Å². The average Bonchev–Trinajstić information content (AvgIpc) is 2.83. The number of phenols is 1. The summed E-state index contributed by atoms with van der Waals surface area (Å²) in [6.07, 6.45) is 1.01. The molecule has 2 amide bonds. The molecule has 0 bridgehead atoms. The molecule has 1 heterocycles. The van der Waals surface area contributed by atoms with Gasteiger partial charge in [-0.15, -0.1) is 0 Å². The first kappa shape index (κ1) is 24.7. The van der Waals surface area contributed by atoms with Crippen molar-refractivity contribution in [2.45, 2.75) is 31.4 Å². The third-order valence-corrected chi connectivity index (χ3v) is 5.63. The Morgan fingerprint density at radius 1 is 1.06 bits per heavy atom. The molecule has 3 rings (SSSR count). The summed E-state index contributed by atoms with van der Waals surface area (Å²) in [5, 5.41) is 28.6. The number of carbonyl (C=O) groups excluding carboxylic acids is 2. The highest BCUT2D eigenvalue weighted by atomic mass is 16.5. The van der Waals surface area contributed by atoms with Crippen molar-refractivity contribution in [2.24, 2.45) is 5.73 Å². The topological polar surface area (TPSA) is 166 Å². The van der Waals surface area contributed by atoms with Crippen molar-refractivity contribution in [3.05, 3.63) is 65.2 Å². The second-order valence-corrected chi connectivity index (χ2v) is 8.12. The summed E-state index contributed by atoms with van der Waals surface area (Å²) in [5.74, 6) is -1.73. The van der Waals surface area contributed by atoms with Gasteiger partial charge in [-0.3, -0.25) is 15.0 Å². The number of nitrogens with one attached hydrogen (secondary N) is 2. The van der Waals surface area contributed by atoms with Crippen LogP contribution in [-0.4, -0.2) is 70.6 Å². The molecule has 1 saturated heterocycles. The zero-order chi connectivity index (χ0) is 24.7. The highest BCUT2D eigenvalue weighted by Crippen LogP contribution is 2.17. The minimum absolute atomic E-state index is 0.102. The molecule has 2 aromatic rings. The predicted molar refractivity (Wildman–Crippen MR) is 124 cm³/mol. The van der Waals surface area contributed by atoms with E-state index in [0.717, 1.165) is 5.56 Å². The van der Waals surface area contributed by atoms with Crippen molar-refractivity contribution in [3.63, 3.8) is 0 Å². The Morgan fingerprint density at radius 3 is 2.21 bits per heavy atom. The van der Waals surface area contributed by atoms with Gasteiger partial charge in [-0.2, -0.15) is 0 Å². The standard InChI is InChI=1S/C24H28N4O6/c25-22(26)16-3-5-17(6-4-16)23(32)27-20(13-15-1-7-18(29)8-2-15)24(33)28-11-9-19(10-12-28)34-14-21(30)31/h1-8,19-20,29H,9-14H2,(H3,25,26)(H,27,32)(H,30,31)/t20-/m0/s1. The van der Waals surface area contributed by atoms with E-state index >= 15 is 0 Å². The Balaban J connectivity index is 1.70. The maximum atomic E-state index is 13.3. The molecule has 0 radical (unpaired) electrons. The quantitative estimate of drug-likeness (QED) is 0.271. The molecule has 2 aromatic carbocycles. The van der Waals surface area contributed by atoms with Crippen LogP contribution in [0.25, 0.3) is 0 Å². The number of nitrogens with zero attached hydrogens (tertiary/aromatic N) is 1. The molecular weight excluding hydrogens is 440 g/mol. The molecule has 0 unspecified atom stereocenters. The number of hydrogen-bond acceptors (Lipinski definition) is 6. The number of rotatable bonds is 9. The number of aliphatic carboxylic acids is 1. The summed E-state index contributed by atoms with van der Waals surface area (Å²) in [6.45, 7) is 0.400. The van der Waals surface area contributed by atoms with Gasteiger partial charge in [0.1, 0.15) is 24.2 Å². The van der Waals surface area contributed by atoms with Crippen molar-refractivity contribution >= 4 is 23.6 Å². The van der Waals surface area contributed by atoms with E-state index in [4.69, 9.17) is 21.0 Å². The summed E-state index contributed by atoms with van der Waals surface area (Å²) < 4.78 is 5.33. The largest absolute Gasteiger partial charge is 0.508 e. The van der Waals surface area contributed by atoms with E-state index in [9.17, 15) is 19.5 Å². The number of hydrogen-bond donors (Lipinski definition) is 5. The molecule has 0 aromatic heterocycles. The van der Waals surface area contributed by atoms with Crippen LogP contribution in [0.4, 0.5) is 0 Å². The lowest BCUT2D eigenvalue weighted by atomic mass is 10.0. The van der Waals surface area contributed by atoms with Gasteiger partial charge in [-0.25, -0.2) is 4.79 Å². The van der Waals surface area contributed by atoms with Gasteiger partial charge in [0, 0.05) is 30.6 Å². The molecule has 1 aliphatic heterocycles. The van der Waals surface area contributed by atoms with Gasteiger partial charge < -0.3 is 30.9 Å². The highest BCUT2D eigenvalue weighted by Gasteiger charge is 2.30. The van der Waals surface area contributed by atoms with E-state index in [-0.39, 0.29) is 36.6 Å². The lowest BCUT2D eigenvalue weighted by molar-refractivity contribution is -0.147. The number of phenolic OH excluding ortho intramolecular Hbond substituents is 1. The molecule has 34 heavy (non-hydrogen) atoms. The van der Waals surface area contributed by atoms with E-state index < -0.39 is 17.9 Å². The molecular formula is C24H28N4O6. The Kier molecular flexibility index (Phi) is 8.20. The molecule has 0 aliphatic carbocycles. The number of carboxylic acids is 1. The van der Waals surface area contributed by atoms with E-state index in [1.807, 2.05) is 0 Å². The summed E-state index contributed by atoms with van der Waals surface area (Å²) in [5.41, 5.74) is 7.04. The van der Waals surface area contributed by atoms with Crippen LogP contribution >= 0.6 is 0 Å². The second kappa shape index (κ2) is 11.3. The van der Waals surface area contributed by atoms with Crippen LogP contribution in [0.2, 0.25) is 0 Å². The number of benzene rings is 2. The summed E-state index contributed by atoms with van der Waals surface area (Å²) in [7, 11) is 0. The number of amidine groups is 1. The van der Waals surface area contributed by atoms with Crippen LogP contribution in [0.3, 0.4) is 0 Å². The number of carboxylic acid groups (broad SMARTS) is 1. The fraction of sp³-hybridized carbons (Fsp3) is 0.333. The monoisotopic (exact) mass is 468 g/mol. The van der Waals surface area contributed by atoms with Crippen molar-refractivity contribution in [1.82, 2.24) is 10.2 Å². The molecule has 1 fully saturated rings. The minimum atomic E-state index is -1.04. The number of aromatic hydroxyl groups is 1. The average molecular weight is 469 g/mol. The molecule has 0 spiro atoms. The first-order valence-electron chi connectivity index (χ1n) is 10.9. The third-order valence-electron chi connectivity index (χ3n) is 5.63. The summed E-state index contributed by atoms with van der Waals surface area (Å²) >= 11 is 0. The molecule has 0 saturated carbocycles. The first-order valence-corrected chi connectivity index (χ1v) is 10.9. The molecule has 1 atom stereocenters. The summed E-state index contributed by atoms with van der Waals surface area (Å²) in [6, 6.07) is 11.8. The van der Waals surface area contributed by atoms with Gasteiger partial charge in [0.05, 0.1) is 6.10 Å². The van der Waals surface area contributed by atoms with Gasteiger partial charge >= 0.3 is 5.97 Å². The third kappa shape index (κ3) is 6.79. The van der Waals surface area contributed by atoms with Crippen LogP contribution < -0.4 is 11.1 Å². The van der Waals surface area contributed by atoms with E-state index in [2.05, 4.69) is 5.32 Å². The van der Waals surface area contributed by atoms with E-state index in [1.54, 1.807) is 41.3 Å². The first-order chi connectivity index (χ1) is 16.2. The number of carbonyl (C=O) groups is 3. The molecule has 1 aliphatic rings. The number of likely N-dealkylation sites (tertiary alicyclic amines) is 1. The van der Waals surface area contributed by atoms with Gasteiger partial charge in [0.15, 0.2) is 0 Å². The Hall–Kier alpha value is -3.92. The SMILES string of the molecule is N=C(N)c1ccc(C(=O)N[C@@H](Cc2ccc(O)cc2)C(=O)N2CCC(OCC(=O)O)CC2)cc1. The van der Waals surface area contributed by atoms with Crippen molar-refractivity contribution < 1.29 is 29.3 Å². The maximum absolute atomic E-state index is 13.3. The maximum Gasteiger partial charge on any atom is 0.329 e. The highest BCUT2D eigenvalue weighted by molar-refractivity contribution is 5.99. The number of amides is 2. The predicted octanol–water partition coefficient (Wildman–Crippen LogP) is 1.11. The van der Waals surface area contributed by atoms with Crippen molar-refractivity contribution in [1.29, 1.82) is 5.41 Å². The Labute approximate surface area is 196 Å². The van der Waals surface area contributed by atoms with Crippen molar-refractivity contribution in [2.75, 3.05) is 19.7 Å². The number of nitrogens with two attached hydrogens (primary N) is 1. The lowest BCUT2D eigenvalue weighted by Crippen LogP contribution is -2.52. The zero-order valence-corrected chi connectivity index (χ0v) is 18.6. The molecule has 10 nitrogen and oxygen atoms in total. The second-order valence-electron chi connectivity index (χ2n) is 8.12. The van der Waals surface area contributed by atoms with Crippen molar-refractivity contribution in [3.8, 4) is 5.75 Å². The molecule has 10 heteroatoms. The summed E-state index contributed by atoms with van der Waals surface area (Å²) in [4.78, 5) is 38.6. The number of nitrogen functional groups attached to an aromatic ring is 1. The fourth-order valence-electron chi connectivity index (χ4n) is 3.76. The van der Waals surface area contributed by atoms with Gasteiger partial charge in [0.2, 0.25) is 5.91 Å². The van der Waals surface area contributed by atoms with Crippen LogP contribution in [0, 0.1) is 5.41 Å². The van der Waals surface area contributed by atoms with Gasteiger partial charge in [0.25, 0.3) is 5.91 Å². The smallest absolute Gasteiger partial charge is 0.329 e. The zero-order valence-electron chi connectivity index (χ0n) is 18.6. The minimum Gasteiger partial charge on any atom is -0.508 e. The van der Waals surface area contributed by atoms with Crippen LogP contribution in [0.1, 0.15) is 34.3 Å². The Morgan fingerprint density at radius 2 is 1.65 bits per heavy atom. The van der Waals surface area contributed by atoms with Crippen LogP contribution in [0.5, 0.6) is 5.75 Å². The molecule has 180 valence electrons. The Bertz CT molecular complexity index is 1030. The van der Waals surface area contributed by atoms with Gasteiger partial charge in [-0.1, -0.05) is 24.3 Å². The van der Waals surface area contributed by atoms with E-state index in [1.165, 1.54) is 12.1 Å².